The van der Waals surface area contributed by atoms with E-state index in [1.54, 1.807) is 6.07 Å². The van der Waals surface area contributed by atoms with Crippen molar-refractivity contribution in [2.45, 2.75) is 38.8 Å². The molecule has 0 spiro atoms. The summed E-state index contributed by atoms with van der Waals surface area (Å²) in [4.78, 5) is 4.56. The molecule has 4 heteroatoms. The number of hydrogen-bond donors (Lipinski definition) is 1. The van der Waals surface area contributed by atoms with Gasteiger partial charge in [-0.1, -0.05) is 6.07 Å². The van der Waals surface area contributed by atoms with Crippen molar-refractivity contribution in [3.63, 3.8) is 0 Å². The highest BCUT2D eigenvalue weighted by Gasteiger charge is 2.29. The second kappa shape index (κ2) is 4.35. The van der Waals surface area contributed by atoms with Gasteiger partial charge in [0.15, 0.2) is 5.82 Å². The number of aryl methyl sites for hydroxylation is 1. The van der Waals surface area contributed by atoms with Crippen LogP contribution >= 0.6 is 0 Å². The molecule has 2 atom stereocenters. The third kappa shape index (κ3) is 1.63. The lowest BCUT2D eigenvalue weighted by Gasteiger charge is -2.16. The van der Waals surface area contributed by atoms with Crippen LogP contribution in [0.25, 0.3) is 11.0 Å². The Balaban J connectivity index is 2.19. The van der Waals surface area contributed by atoms with Crippen LogP contribution in [-0.4, -0.2) is 22.1 Å². The maximum absolute atomic E-state index is 13.8. The van der Waals surface area contributed by atoms with Crippen LogP contribution in [0.3, 0.4) is 0 Å². The third-order valence-electron chi connectivity index (χ3n) is 3.93. The summed E-state index contributed by atoms with van der Waals surface area (Å²) in [5, 5.41) is 3.43. The van der Waals surface area contributed by atoms with Gasteiger partial charge >= 0.3 is 0 Å². The van der Waals surface area contributed by atoms with E-state index >= 15 is 0 Å². The highest BCUT2D eigenvalue weighted by atomic mass is 19.1. The zero-order chi connectivity index (χ0) is 12.7. The summed E-state index contributed by atoms with van der Waals surface area (Å²) in [6.07, 6.45) is 1.08. The van der Waals surface area contributed by atoms with E-state index in [0.29, 0.717) is 17.5 Å². The lowest BCUT2D eigenvalue weighted by molar-refractivity contribution is 0.542. The second-order valence-corrected chi connectivity index (χ2v) is 4.96. The molecular weight excluding hydrogens is 229 g/mol. The van der Waals surface area contributed by atoms with Gasteiger partial charge in [-0.05, 0) is 38.9 Å². The van der Waals surface area contributed by atoms with Crippen LogP contribution in [0.1, 0.15) is 32.0 Å². The van der Waals surface area contributed by atoms with E-state index in [1.165, 1.54) is 6.07 Å². The van der Waals surface area contributed by atoms with E-state index < -0.39 is 0 Å². The molecule has 2 unspecified atom stereocenters. The van der Waals surface area contributed by atoms with E-state index in [0.717, 1.165) is 30.9 Å². The number of para-hydroxylation sites is 1. The highest BCUT2D eigenvalue weighted by Crippen LogP contribution is 2.30. The first-order valence-corrected chi connectivity index (χ1v) is 6.60. The lowest BCUT2D eigenvalue weighted by atomic mass is 10.0. The van der Waals surface area contributed by atoms with Crippen molar-refractivity contribution in [3.8, 4) is 0 Å². The van der Waals surface area contributed by atoms with E-state index in [-0.39, 0.29) is 5.82 Å². The smallest absolute Gasteiger partial charge is 0.151 e. The van der Waals surface area contributed by atoms with Gasteiger partial charge in [0.1, 0.15) is 11.3 Å². The number of halogens is 1. The van der Waals surface area contributed by atoms with Crippen molar-refractivity contribution >= 4 is 11.0 Å². The summed E-state index contributed by atoms with van der Waals surface area (Å²) < 4.78 is 16.0. The summed E-state index contributed by atoms with van der Waals surface area (Å²) in [7, 11) is 0. The summed E-state index contributed by atoms with van der Waals surface area (Å²) in [5.74, 6) is 1.19. The Morgan fingerprint density at radius 3 is 3.00 bits per heavy atom. The Labute approximate surface area is 106 Å². The van der Waals surface area contributed by atoms with Crippen molar-refractivity contribution in [3.05, 3.63) is 29.8 Å². The molecule has 18 heavy (non-hydrogen) atoms. The maximum Gasteiger partial charge on any atom is 0.151 e. The first-order chi connectivity index (χ1) is 8.72. The molecule has 1 aromatic heterocycles. The Kier molecular flexibility index (Phi) is 2.82. The predicted octanol–water partition coefficient (Wildman–Crippen LogP) is 2.66. The minimum absolute atomic E-state index is 0.223. The van der Waals surface area contributed by atoms with Gasteiger partial charge in [0.25, 0.3) is 0 Å². The van der Waals surface area contributed by atoms with Crippen LogP contribution < -0.4 is 5.32 Å². The number of nitrogens with one attached hydrogen (secondary N) is 1. The fourth-order valence-electron chi connectivity index (χ4n) is 2.96. The minimum Gasteiger partial charge on any atom is -0.328 e. The number of aromatic nitrogens is 2. The number of imidazole rings is 1. The molecular formula is C14H18FN3. The number of nitrogens with zero attached hydrogens (tertiary/aromatic N) is 2. The molecule has 1 aliphatic heterocycles. The molecule has 0 saturated carbocycles. The van der Waals surface area contributed by atoms with Gasteiger partial charge in [-0.3, -0.25) is 0 Å². The van der Waals surface area contributed by atoms with Gasteiger partial charge in [0, 0.05) is 18.5 Å². The van der Waals surface area contributed by atoms with Crippen LogP contribution in [-0.2, 0) is 6.54 Å². The molecule has 0 radical (unpaired) electrons. The predicted molar refractivity (Wildman–Crippen MR) is 70.2 cm³/mol. The van der Waals surface area contributed by atoms with E-state index in [2.05, 4.69) is 28.7 Å². The topological polar surface area (TPSA) is 29.9 Å². The van der Waals surface area contributed by atoms with E-state index in [1.807, 2.05) is 6.07 Å². The van der Waals surface area contributed by atoms with Crippen LogP contribution in [0.4, 0.5) is 4.39 Å². The molecule has 1 N–H and O–H groups in total. The Morgan fingerprint density at radius 2 is 2.33 bits per heavy atom. The van der Waals surface area contributed by atoms with Crippen LogP contribution in [0.15, 0.2) is 18.2 Å². The quantitative estimate of drug-likeness (QED) is 0.884. The van der Waals surface area contributed by atoms with Crippen molar-refractivity contribution in [1.82, 2.24) is 14.9 Å². The van der Waals surface area contributed by atoms with E-state index in [4.69, 9.17) is 0 Å². The van der Waals surface area contributed by atoms with Crippen molar-refractivity contribution in [1.29, 1.82) is 0 Å². The third-order valence-corrected chi connectivity index (χ3v) is 3.93. The fraction of sp³-hybridized carbons (Fsp3) is 0.500. The molecule has 0 amide bonds. The van der Waals surface area contributed by atoms with Crippen molar-refractivity contribution in [2.24, 2.45) is 0 Å². The number of benzene rings is 1. The molecule has 1 aromatic carbocycles. The fourth-order valence-corrected chi connectivity index (χ4v) is 2.96. The van der Waals surface area contributed by atoms with Gasteiger partial charge < -0.3 is 9.88 Å². The zero-order valence-corrected chi connectivity index (χ0v) is 10.8. The highest BCUT2D eigenvalue weighted by molar-refractivity contribution is 5.76. The Hall–Kier alpha value is -1.42. The number of hydrogen-bond acceptors (Lipinski definition) is 2. The molecule has 96 valence electrons. The number of fused-ring (bicyclic) bond motifs is 1. The molecule has 0 aliphatic carbocycles. The average Bonchev–Trinajstić information content (AvgIpc) is 2.92. The minimum atomic E-state index is -0.223. The molecule has 3 nitrogen and oxygen atoms in total. The van der Waals surface area contributed by atoms with Gasteiger partial charge in [0.2, 0.25) is 0 Å². The van der Waals surface area contributed by atoms with Gasteiger partial charge in [-0.2, -0.15) is 0 Å². The summed E-state index contributed by atoms with van der Waals surface area (Å²) >= 11 is 0. The van der Waals surface area contributed by atoms with Gasteiger partial charge in [-0.25, -0.2) is 9.37 Å². The number of rotatable bonds is 2. The standard InChI is InChI=1S/C14H18FN3/c1-3-18-12-6-4-5-11(15)13(12)17-14(18)10-7-8-16-9(10)2/h4-6,9-10,16H,3,7-8H2,1-2H3. The van der Waals surface area contributed by atoms with Crippen LogP contribution in [0.5, 0.6) is 0 Å². The van der Waals surface area contributed by atoms with Crippen LogP contribution in [0, 0.1) is 5.82 Å². The van der Waals surface area contributed by atoms with Crippen molar-refractivity contribution < 1.29 is 4.39 Å². The molecule has 1 fully saturated rings. The molecule has 2 heterocycles. The summed E-state index contributed by atoms with van der Waals surface area (Å²) in [6, 6.07) is 5.60. The molecule has 1 saturated heterocycles. The molecule has 0 bridgehead atoms. The Morgan fingerprint density at radius 1 is 1.50 bits per heavy atom. The summed E-state index contributed by atoms with van der Waals surface area (Å²) in [6.45, 7) is 6.11. The monoisotopic (exact) mass is 247 g/mol. The van der Waals surface area contributed by atoms with Gasteiger partial charge in [0.05, 0.1) is 5.52 Å². The van der Waals surface area contributed by atoms with Crippen LogP contribution in [0.2, 0.25) is 0 Å². The SMILES string of the molecule is CCn1c(C2CCNC2C)nc2c(F)cccc21. The molecule has 2 aromatic rings. The molecule has 3 rings (SSSR count). The average molecular weight is 247 g/mol. The first-order valence-electron chi connectivity index (χ1n) is 6.60. The Bertz CT molecular complexity index is 576. The summed E-state index contributed by atoms with van der Waals surface area (Å²) in [5.41, 5.74) is 1.42. The lowest BCUT2D eigenvalue weighted by Crippen LogP contribution is -2.23. The van der Waals surface area contributed by atoms with Crippen molar-refractivity contribution in [2.75, 3.05) is 6.54 Å². The molecule has 1 aliphatic rings. The first kappa shape index (κ1) is 11.7. The normalized spacial score (nSPS) is 23.9. The second-order valence-electron chi connectivity index (χ2n) is 4.96. The van der Waals surface area contributed by atoms with Gasteiger partial charge in [-0.15, -0.1) is 0 Å². The zero-order valence-electron chi connectivity index (χ0n) is 10.8. The van der Waals surface area contributed by atoms with E-state index in [9.17, 15) is 4.39 Å². The maximum atomic E-state index is 13.8. The largest absolute Gasteiger partial charge is 0.328 e.